The Kier molecular flexibility index (Phi) is 3.07. The lowest BCUT2D eigenvalue weighted by Gasteiger charge is -2.02. The fraction of sp³-hybridized carbons (Fsp3) is 0. The van der Waals surface area contributed by atoms with E-state index in [-0.39, 0.29) is 11.4 Å². The maximum Gasteiger partial charge on any atom is 0.285 e. The number of nitro benzene ring substituents is 1. The fourth-order valence-corrected chi connectivity index (χ4v) is 1.98. The third kappa shape index (κ3) is 2.21. The van der Waals surface area contributed by atoms with Crippen LogP contribution in [0.2, 0.25) is 0 Å². The van der Waals surface area contributed by atoms with Crippen LogP contribution in [0.25, 0.3) is 4.85 Å². The molecule has 0 aliphatic heterocycles. The van der Waals surface area contributed by atoms with Crippen molar-refractivity contribution in [1.82, 2.24) is 4.37 Å². The van der Waals surface area contributed by atoms with E-state index in [0.717, 1.165) is 11.5 Å². The molecule has 2 N–H and O–H groups in total. The molecule has 0 aliphatic rings. The van der Waals surface area contributed by atoms with Crippen LogP contribution in [0, 0.1) is 16.7 Å². The van der Waals surface area contributed by atoms with Gasteiger partial charge in [0.15, 0.2) is 0 Å². The average molecular weight is 262 g/mol. The molecular formula is C10H6N4O3S. The van der Waals surface area contributed by atoms with Crippen LogP contribution < -0.4 is 10.9 Å². The van der Waals surface area contributed by atoms with Crippen LogP contribution in [0.3, 0.4) is 0 Å². The van der Waals surface area contributed by atoms with Gasteiger partial charge in [-0.15, -0.1) is 0 Å². The van der Waals surface area contributed by atoms with E-state index in [2.05, 4.69) is 14.5 Å². The molecule has 0 unspecified atom stereocenters. The molecule has 1 aromatic heterocycles. The van der Waals surface area contributed by atoms with E-state index in [9.17, 15) is 14.9 Å². The average Bonchev–Trinajstić information content (AvgIpc) is 2.70. The van der Waals surface area contributed by atoms with E-state index >= 15 is 0 Å². The van der Waals surface area contributed by atoms with Crippen LogP contribution in [0.1, 0.15) is 0 Å². The molecule has 0 bridgehead atoms. The van der Waals surface area contributed by atoms with Gasteiger partial charge in [-0.05, 0) is 12.1 Å². The minimum absolute atomic E-state index is 0.0154. The van der Waals surface area contributed by atoms with Crippen LogP contribution in [0.15, 0.2) is 29.1 Å². The summed E-state index contributed by atoms with van der Waals surface area (Å²) in [6, 6.07) is 5.71. The minimum Gasteiger partial charge on any atom is -0.355 e. The number of nitrogens with one attached hydrogen (secondary N) is 2. The molecule has 0 atom stereocenters. The summed E-state index contributed by atoms with van der Waals surface area (Å²) in [5.41, 5.74) is 0.0896. The highest BCUT2D eigenvalue weighted by molar-refractivity contribution is 7.11. The maximum absolute atomic E-state index is 11.2. The van der Waals surface area contributed by atoms with Gasteiger partial charge in [-0.3, -0.25) is 19.3 Å². The molecule has 0 saturated heterocycles. The van der Waals surface area contributed by atoms with Crippen molar-refractivity contribution in [2.45, 2.75) is 0 Å². The third-order valence-corrected chi connectivity index (χ3v) is 2.91. The van der Waals surface area contributed by atoms with Gasteiger partial charge in [0.05, 0.1) is 11.5 Å². The van der Waals surface area contributed by atoms with Gasteiger partial charge >= 0.3 is 0 Å². The zero-order valence-electron chi connectivity index (χ0n) is 8.84. The van der Waals surface area contributed by atoms with E-state index < -0.39 is 10.5 Å². The van der Waals surface area contributed by atoms with E-state index in [4.69, 9.17) is 6.57 Å². The standard InChI is InChI=1S/C10H6N4O3S/c1-11-8-9(15)13-18-10(8)12-6-2-4-7(5-3-6)14(16)17/h2-5,12H,(H,13,15). The number of anilines is 2. The Bertz CT molecular complexity index is 680. The Morgan fingerprint density at radius 1 is 1.39 bits per heavy atom. The predicted octanol–water partition coefficient (Wildman–Crippen LogP) is 2.64. The number of non-ortho nitro benzene ring substituents is 1. The minimum atomic E-state index is -0.497. The van der Waals surface area contributed by atoms with Crippen LogP contribution in [0.4, 0.5) is 22.1 Å². The smallest absolute Gasteiger partial charge is 0.285 e. The van der Waals surface area contributed by atoms with Crippen LogP contribution in [-0.2, 0) is 0 Å². The monoisotopic (exact) mass is 262 g/mol. The fourth-order valence-electron chi connectivity index (χ4n) is 1.28. The first-order valence-corrected chi connectivity index (χ1v) is 5.54. The Morgan fingerprint density at radius 3 is 2.61 bits per heavy atom. The van der Waals surface area contributed by atoms with Gasteiger partial charge in [0.25, 0.3) is 16.9 Å². The van der Waals surface area contributed by atoms with E-state index in [1.807, 2.05) is 0 Å². The lowest BCUT2D eigenvalue weighted by molar-refractivity contribution is -0.384. The SMILES string of the molecule is [C-]#[N+]c1c(Nc2ccc([N+](=O)[O-])cc2)s[nH]c1=O. The van der Waals surface area contributed by atoms with Crippen LogP contribution >= 0.6 is 11.5 Å². The van der Waals surface area contributed by atoms with Gasteiger partial charge in [-0.1, -0.05) is 11.5 Å². The summed E-state index contributed by atoms with van der Waals surface area (Å²) in [7, 11) is 0. The molecule has 90 valence electrons. The molecule has 0 aliphatic carbocycles. The van der Waals surface area contributed by atoms with Crippen molar-refractivity contribution in [2.75, 3.05) is 5.32 Å². The molecule has 8 heteroatoms. The first-order valence-electron chi connectivity index (χ1n) is 4.72. The van der Waals surface area contributed by atoms with Crippen molar-refractivity contribution in [3.05, 3.63) is 56.2 Å². The lowest BCUT2D eigenvalue weighted by Crippen LogP contribution is -1.96. The zero-order valence-corrected chi connectivity index (χ0v) is 9.65. The Balaban J connectivity index is 2.27. The molecule has 2 rings (SSSR count). The molecule has 7 nitrogen and oxygen atoms in total. The third-order valence-electron chi connectivity index (χ3n) is 2.12. The van der Waals surface area contributed by atoms with E-state index in [1.165, 1.54) is 24.3 Å². The quantitative estimate of drug-likeness (QED) is 0.505. The molecule has 2 aromatic rings. The molecule has 1 aromatic carbocycles. The predicted molar refractivity (Wildman–Crippen MR) is 67.6 cm³/mol. The first-order chi connectivity index (χ1) is 8.61. The topological polar surface area (TPSA) is 92.4 Å². The van der Waals surface area contributed by atoms with Crippen molar-refractivity contribution >= 4 is 33.6 Å². The molecule has 18 heavy (non-hydrogen) atoms. The number of aromatic amines is 1. The highest BCUT2D eigenvalue weighted by Gasteiger charge is 2.11. The van der Waals surface area contributed by atoms with Gasteiger partial charge in [-0.2, -0.15) is 0 Å². The first kappa shape index (κ1) is 11.8. The van der Waals surface area contributed by atoms with Crippen molar-refractivity contribution < 1.29 is 4.92 Å². The number of aromatic nitrogens is 1. The normalized spacial score (nSPS) is 9.72. The zero-order chi connectivity index (χ0) is 13.1. The lowest BCUT2D eigenvalue weighted by atomic mass is 10.3. The van der Waals surface area contributed by atoms with Gasteiger partial charge < -0.3 is 5.32 Å². The summed E-state index contributed by atoms with van der Waals surface area (Å²) >= 11 is 1.01. The number of H-pyrrole nitrogens is 1. The number of nitrogens with zero attached hydrogens (tertiary/aromatic N) is 2. The van der Waals surface area contributed by atoms with E-state index in [0.29, 0.717) is 10.7 Å². The van der Waals surface area contributed by atoms with Crippen molar-refractivity contribution in [3.8, 4) is 0 Å². The van der Waals surface area contributed by atoms with Crippen molar-refractivity contribution in [3.63, 3.8) is 0 Å². The van der Waals surface area contributed by atoms with Crippen molar-refractivity contribution in [1.29, 1.82) is 0 Å². The molecule has 0 amide bonds. The highest BCUT2D eigenvalue weighted by Crippen LogP contribution is 2.28. The van der Waals surface area contributed by atoms with Gasteiger partial charge in [0, 0.05) is 17.8 Å². The summed E-state index contributed by atoms with van der Waals surface area (Å²) in [5.74, 6) is 0. The summed E-state index contributed by atoms with van der Waals surface area (Å²) in [6.07, 6.45) is 0. The molecule has 1 heterocycles. The van der Waals surface area contributed by atoms with Crippen molar-refractivity contribution in [2.24, 2.45) is 0 Å². The number of hydrogen-bond donors (Lipinski definition) is 2. The van der Waals surface area contributed by atoms with Gasteiger partial charge in [0.1, 0.15) is 5.00 Å². The summed E-state index contributed by atoms with van der Waals surface area (Å²) < 4.78 is 2.44. The molecular weight excluding hydrogens is 256 g/mol. The second-order valence-corrected chi connectivity index (χ2v) is 4.07. The number of nitro groups is 1. The highest BCUT2D eigenvalue weighted by atomic mass is 32.1. The largest absolute Gasteiger partial charge is 0.355 e. The number of hydrogen-bond acceptors (Lipinski definition) is 5. The van der Waals surface area contributed by atoms with Gasteiger partial charge in [-0.25, -0.2) is 4.85 Å². The second-order valence-electron chi connectivity index (χ2n) is 3.25. The molecule has 0 spiro atoms. The number of rotatable bonds is 3. The maximum atomic E-state index is 11.2. The van der Waals surface area contributed by atoms with Crippen LogP contribution in [-0.4, -0.2) is 9.30 Å². The summed E-state index contributed by atoms with van der Waals surface area (Å²) in [4.78, 5) is 24.3. The Morgan fingerprint density at radius 2 is 2.06 bits per heavy atom. The molecule has 0 fully saturated rings. The van der Waals surface area contributed by atoms with Crippen LogP contribution in [0.5, 0.6) is 0 Å². The summed E-state index contributed by atoms with van der Waals surface area (Å²) in [6.45, 7) is 6.88. The number of benzene rings is 1. The Hall–Kier alpha value is -2.66. The van der Waals surface area contributed by atoms with E-state index in [1.54, 1.807) is 0 Å². The van der Waals surface area contributed by atoms with Gasteiger partial charge in [0.2, 0.25) is 0 Å². The summed E-state index contributed by atoms with van der Waals surface area (Å²) in [5, 5.41) is 13.7. The Labute approximate surface area is 105 Å². The second kappa shape index (κ2) is 4.68. The molecule has 0 radical (unpaired) electrons. The molecule has 0 saturated carbocycles.